The molecule has 1 aliphatic rings. The Balaban J connectivity index is 1.48. The van der Waals surface area contributed by atoms with E-state index in [9.17, 15) is 13.6 Å². The third-order valence-electron chi connectivity index (χ3n) is 4.17. The van der Waals surface area contributed by atoms with Crippen LogP contribution in [-0.4, -0.2) is 41.6 Å². The topological polar surface area (TPSA) is 51.7 Å². The molecule has 3 rings (SSSR count). The minimum atomic E-state index is -0.826. The van der Waals surface area contributed by atoms with Gasteiger partial charge < -0.3 is 14.4 Å². The number of rotatable bonds is 6. The molecule has 1 aromatic heterocycles. The van der Waals surface area contributed by atoms with Gasteiger partial charge in [-0.1, -0.05) is 6.07 Å². The van der Waals surface area contributed by atoms with Gasteiger partial charge in [-0.05, 0) is 37.1 Å². The van der Waals surface area contributed by atoms with Crippen LogP contribution in [0.25, 0.3) is 0 Å². The Kier molecular flexibility index (Phi) is 6.12. The first-order valence-electron chi connectivity index (χ1n) is 8.49. The molecule has 2 aromatic rings. The van der Waals surface area contributed by atoms with Crippen LogP contribution in [0.3, 0.4) is 0 Å². The lowest BCUT2D eigenvalue weighted by Crippen LogP contribution is -2.45. The number of carbonyl (C=O) groups is 1. The van der Waals surface area contributed by atoms with E-state index in [2.05, 4.69) is 4.98 Å². The molecular formula is C19H20F2N2O3. The van der Waals surface area contributed by atoms with Crippen LogP contribution >= 0.6 is 0 Å². The van der Waals surface area contributed by atoms with Gasteiger partial charge in [-0.3, -0.25) is 9.78 Å². The van der Waals surface area contributed by atoms with Gasteiger partial charge in [-0.25, -0.2) is 8.78 Å². The number of hydrogen-bond donors (Lipinski definition) is 0. The zero-order valence-electron chi connectivity index (χ0n) is 14.2. The Morgan fingerprint density at radius 1 is 1.27 bits per heavy atom. The van der Waals surface area contributed by atoms with Crippen molar-refractivity contribution in [3.63, 3.8) is 0 Å². The summed E-state index contributed by atoms with van der Waals surface area (Å²) >= 11 is 0. The van der Waals surface area contributed by atoms with Crippen LogP contribution in [0.5, 0.6) is 5.75 Å². The van der Waals surface area contributed by atoms with Gasteiger partial charge in [0.05, 0.1) is 18.4 Å². The number of amides is 1. The SMILES string of the molecule is O=C(COc1ccc(F)cc1F)N1CCC[C@@H](OCc2ccccn2)C1. The maximum absolute atomic E-state index is 13.6. The van der Waals surface area contributed by atoms with Gasteiger partial charge in [0, 0.05) is 25.4 Å². The molecule has 1 aliphatic heterocycles. The van der Waals surface area contributed by atoms with E-state index in [1.165, 1.54) is 6.07 Å². The van der Waals surface area contributed by atoms with E-state index in [-0.39, 0.29) is 24.4 Å². The third kappa shape index (κ3) is 4.98. The Bertz CT molecular complexity index is 743. The summed E-state index contributed by atoms with van der Waals surface area (Å²) in [6, 6.07) is 8.61. The molecule has 138 valence electrons. The average Bonchev–Trinajstić information content (AvgIpc) is 2.66. The second-order valence-corrected chi connectivity index (χ2v) is 6.10. The van der Waals surface area contributed by atoms with E-state index in [1.54, 1.807) is 11.1 Å². The Morgan fingerprint density at radius 2 is 2.15 bits per heavy atom. The summed E-state index contributed by atoms with van der Waals surface area (Å²) in [4.78, 5) is 18.2. The molecule has 1 amide bonds. The van der Waals surface area contributed by atoms with E-state index in [0.29, 0.717) is 19.7 Å². The molecule has 1 aromatic carbocycles. The number of nitrogens with zero attached hydrogens (tertiary/aromatic N) is 2. The number of piperidine rings is 1. The summed E-state index contributed by atoms with van der Waals surface area (Å²) in [6.45, 7) is 1.17. The lowest BCUT2D eigenvalue weighted by molar-refractivity contribution is -0.137. The largest absolute Gasteiger partial charge is 0.481 e. The van der Waals surface area contributed by atoms with Crippen molar-refractivity contribution in [3.8, 4) is 5.75 Å². The predicted octanol–water partition coefficient (Wildman–Crippen LogP) is 2.95. The Morgan fingerprint density at radius 3 is 2.92 bits per heavy atom. The van der Waals surface area contributed by atoms with Crippen LogP contribution in [0, 0.1) is 11.6 Å². The number of likely N-dealkylation sites (tertiary alicyclic amines) is 1. The molecule has 7 heteroatoms. The molecule has 26 heavy (non-hydrogen) atoms. The van der Waals surface area contributed by atoms with Gasteiger partial charge in [0.25, 0.3) is 5.91 Å². The summed E-state index contributed by atoms with van der Waals surface area (Å²) in [5.74, 6) is -1.90. The number of aromatic nitrogens is 1. The maximum atomic E-state index is 13.6. The third-order valence-corrected chi connectivity index (χ3v) is 4.17. The first kappa shape index (κ1) is 18.3. The second kappa shape index (κ2) is 8.71. The molecule has 1 saturated heterocycles. The van der Waals surface area contributed by atoms with Crippen LogP contribution in [0.4, 0.5) is 8.78 Å². The predicted molar refractivity (Wildman–Crippen MR) is 90.5 cm³/mol. The highest BCUT2D eigenvalue weighted by Crippen LogP contribution is 2.19. The average molecular weight is 362 g/mol. The highest BCUT2D eigenvalue weighted by molar-refractivity contribution is 5.77. The van der Waals surface area contributed by atoms with Crippen molar-refractivity contribution in [1.29, 1.82) is 0 Å². The lowest BCUT2D eigenvalue weighted by Gasteiger charge is -2.32. The first-order valence-corrected chi connectivity index (χ1v) is 8.49. The molecule has 1 fully saturated rings. The van der Waals surface area contributed by atoms with Gasteiger partial charge >= 0.3 is 0 Å². The molecule has 1 atom stereocenters. The fourth-order valence-corrected chi connectivity index (χ4v) is 2.81. The zero-order chi connectivity index (χ0) is 18.4. The van der Waals surface area contributed by atoms with Crippen molar-refractivity contribution in [3.05, 3.63) is 59.9 Å². The summed E-state index contributed by atoms with van der Waals surface area (Å²) < 4.78 is 37.5. The molecule has 0 aliphatic carbocycles. The highest BCUT2D eigenvalue weighted by Gasteiger charge is 2.24. The fraction of sp³-hybridized carbons (Fsp3) is 0.368. The monoisotopic (exact) mass is 362 g/mol. The zero-order valence-corrected chi connectivity index (χ0v) is 14.2. The molecule has 0 saturated carbocycles. The van der Waals surface area contributed by atoms with Crippen molar-refractivity contribution in [2.75, 3.05) is 19.7 Å². The molecule has 5 nitrogen and oxygen atoms in total. The summed E-state index contributed by atoms with van der Waals surface area (Å²) in [5, 5.41) is 0. The minimum Gasteiger partial charge on any atom is -0.481 e. The standard InChI is InChI=1S/C19H20F2N2O3/c20-14-6-7-18(17(21)10-14)26-13-19(24)23-9-3-5-16(11-23)25-12-15-4-1-2-8-22-15/h1-2,4,6-8,10,16H,3,5,9,11-13H2/t16-/m1/s1. The molecule has 0 radical (unpaired) electrons. The van der Waals surface area contributed by atoms with Crippen LogP contribution in [0.1, 0.15) is 18.5 Å². The van der Waals surface area contributed by atoms with E-state index in [1.807, 2.05) is 18.2 Å². The molecule has 0 unspecified atom stereocenters. The Hall–Kier alpha value is -2.54. The van der Waals surface area contributed by atoms with Crippen LogP contribution in [0.15, 0.2) is 42.6 Å². The van der Waals surface area contributed by atoms with E-state index in [0.717, 1.165) is 30.7 Å². The minimum absolute atomic E-state index is 0.0720. The molecule has 0 N–H and O–H groups in total. The van der Waals surface area contributed by atoms with Crippen molar-refractivity contribution in [2.24, 2.45) is 0 Å². The Labute approximate surface area is 150 Å². The van der Waals surface area contributed by atoms with Gasteiger partial charge in [0.1, 0.15) is 5.82 Å². The number of ether oxygens (including phenoxy) is 2. The van der Waals surface area contributed by atoms with Gasteiger partial charge in [0.15, 0.2) is 18.2 Å². The number of hydrogen-bond acceptors (Lipinski definition) is 4. The molecular weight excluding hydrogens is 342 g/mol. The van der Waals surface area contributed by atoms with Crippen molar-refractivity contribution >= 4 is 5.91 Å². The van der Waals surface area contributed by atoms with Crippen LogP contribution in [0.2, 0.25) is 0 Å². The first-order chi connectivity index (χ1) is 12.6. The molecule has 0 spiro atoms. The van der Waals surface area contributed by atoms with Gasteiger partial charge in [-0.2, -0.15) is 0 Å². The number of carbonyl (C=O) groups excluding carboxylic acids is 1. The summed E-state index contributed by atoms with van der Waals surface area (Å²) in [7, 11) is 0. The number of benzene rings is 1. The van der Waals surface area contributed by atoms with Gasteiger partial charge in [-0.15, -0.1) is 0 Å². The molecule has 2 heterocycles. The number of halogens is 2. The van der Waals surface area contributed by atoms with Crippen LogP contribution < -0.4 is 4.74 Å². The van der Waals surface area contributed by atoms with Gasteiger partial charge in [0.2, 0.25) is 0 Å². The second-order valence-electron chi connectivity index (χ2n) is 6.10. The van der Waals surface area contributed by atoms with Crippen molar-refractivity contribution < 1.29 is 23.0 Å². The lowest BCUT2D eigenvalue weighted by atomic mass is 10.1. The summed E-state index contributed by atoms with van der Waals surface area (Å²) in [6.07, 6.45) is 3.33. The molecule has 0 bridgehead atoms. The smallest absolute Gasteiger partial charge is 0.260 e. The quantitative estimate of drug-likeness (QED) is 0.793. The number of pyridine rings is 1. The van der Waals surface area contributed by atoms with E-state index in [4.69, 9.17) is 9.47 Å². The summed E-state index contributed by atoms with van der Waals surface area (Å²) in [5.41, 5.74) is 0.839. The van der Waals surface area contributed by atoms with Crippen molar-refractivity contribution in [1.82, 2.24) is 9.88 Å². The van der Waals surface area contributed by atoms with E-state index < -0.39 is 11.6 Å². The van der Waals surface area contributed by atoms with E-state index >= 15 is 0 Å². The fourth-order valence-electron chi connectivity index (χ4n) is 2.81. The van der Waals surface area contributed by atoms with Crippen LogP contribution in [-0.2, 0) is 16.1 Å². The normalized spacial score (nSPS) is 17.2. The highest BCUT2D eigenvalue weighted by atomic mass is 19.1. The maximum Gasteiger partial charge on any atom is 0.260 e. The van der Waals surface area contributed by atoms with Crippen molar-refractivity contribution in [2.45, 2.75) is 25.6 Å².